The molecule has 1 atom stereocenters. The molecule has 3 rings (SSSR count). The Morgan fingerprint density at radius 3 is 2.61 bits per heavy atom. The minimum Gasteiger partial charge on any atom is -0.495 e. The maximum Gasteiger partial charge on any atom is 0.263 e. The van der Waals surface area contributed by atoms with E-state index in [9.17, 15) is 9.18 Å². The molecule has 0 bridgehead atoms. The number of hydrogen-bond donors (Lipinski definition) is 1. The first-order valence-corrected chi connectivity index (χ1v) is 9.52. The SMILES string of the molecule is COc1ccccc1N1CCCC(NC(=O)C(C)(C)Oc2ccc(F)cc2)C1. The van der Waals surface area contributed by atoms with Crippen molar-refractivity contribution in [3.05, 3.63) is 54.3 Å². The van der Waals surface area contributed by atoms with Gasteiger partial charge in [-0.15, -0.1) is 0 Å². The summed E-state index contributed by atoms with van der Waals surface area (Å²) in [6, 6.07) is 13.6. The van der Waals surface area contributed by atoms with Crippen LogP contribution in [0.3, 0.4) is 0 Å². The molecule has 0 saturated carbocycles. The van der Waals surface area contributed by atoms with Crippen LogP contribution < -0.4 is 19.7 Å². The molecule has 0 spiro atoms. The van der Waals surface area contributed by atoms with Crippen LogP contribution >= 0.6 is 0 Å². The average molecular weight is 386 g/mol. The molecule has 1 amide bonds. The lowest BCUT2D eigenvalue weighted by Gasteiger charge is -2.37. The second-order valence-electron chi connectivity index (χ2n) is 7.50. The molecule has 0 aliphatic carbocycles. The lowest BCUT2D eigenvalue weighted by molar-refractivity contribution is -0.135. The largest absolute Gasteiger partial charge is 0.495 e. The smallest absolute Gasteiger partial charge is 0.263 e. The van der Waals surface area contributed by atoms with Gasteiger partial charge in [-0.25, -0.2) is 4.39 Å². The number of ether oxygens (including phenoxy) is 2. The van der Waals surface area contributed by atoms with Crippen molar-refractivity contribution in [3.63, 3.8) is 0 Å². The highest BCUT2D eigenvalue weighted by Gasteiger charge is 2.33. The van der Waals surface area contributed by atoms with Crippen LogP contribution in [0.4, 0.5) is 10.1 Å². The average Bonchev–Trinajstić information content (AvgIpc) is 2.69. The van der Waals surface area contributed by atoms with Gasteiger partial charge in [-0.2, -0.15) is 0 Å². The number of hydrogen-bond acceptors (Lipinski definition) is 4. The Balaban J connectivity index is 1.63. The lowest BCUT2D eigenvalue weighted by Crippen LogP contribution is -2.54. The molecular weight excluding hydrogens is 359 g/mol. The fourth-order valence-electron chi connectivity index (χ4n) is 3.41. The molecule has 0 radical (unpaired) electrons. The van der Waals surface area contributed by atoms with Crippen LogP contribution in [0.1, 0.15) is 26.7 Å². The highest BCUT2D eigenvalue weighted by molar-refractivity contribution is 5.85. The van der Waals surface area contributed by atoms with Crippen LogP contribution in [-0.2, 0) is 4.79 Å². The molecule has 2 aromatic carbocycles. The summed E-state index contributed by atoms with van der Waals surface area (Å²) in [5.74, 6) is 0.757. The molecule has 150 valence electrons. The maximum atomic E-state index is 13.1. The third-order valence-corrected chi connectivity index (χ3v) is 4.92. The summed E-state index contributed by atoms with van der Waals surface area (Å²) >= 11 is 0. The molecule has 28 heavy (non-hydrogen) atoms. The lowest BCUT2D eigenvalue weighted by atomic mass is 10.0. The number of methoxy groups -OCH3 is 1. The van der Waals surface area contributed by atoms with E-state index < -0.39 is 5.60 Å². The van der Waals surface area contributed by atoms with Crippen LogP contribution in [0.15, 0.2) is 48.5 Å². The monoisotopic (exact) mass is 386 g/mol. The van der Waals surface area contributed by atoms with Crippen molar-refractivity contribution in [2.45, 2.75) is 38.3 Å². The number of carbonyl (C=O) groups excluding carboxylic acids is 1. The molecule has 1 N–H and O–H groups in total. The quantitative estimate of drug-likeness (QED) is 0.821. The summed E-state index contributed by atoms with van der Waals surface area (Å²) in [5, 5.41) is 3.11. The number of benzene rings is 2. The van der Waals surface area contributed by atoms with E-state index in [1.807, 2.05) is 24.3 Å². The summed E-state index contributed by atoms with van der Waals surface area (Å²) in [4.78, 5) is 15.1. The van der Waals surface area contributed by atoms with Gasteiger partial charge in [-0.05, 0) is 63.1 Å². The molecule has 5 nitrogen and oxygen atoms in total. The number of piperidine rings is 1. The van der Waals surface area contributed by atoms with Gasteiger partial charge in [0.15, 0.2) is 5.60 Å². The van der Waals surface area contributed by atoms with E-state index >= 15 is 0 Å². The second kappa shape index (κ2) is 8.50. The summed E-state index contributed by atoms with van der Waals surface area (Å²) in [5.41, 5.74) is -0.0318. The Hall–Kier alpha value is -2.76. The summed E-state index contributed by atoms with van der Waals surface area (Å²) in [7, 11) is 1.66. The number of amides is 1. The molecule has 1 unspecified atom stereocenters. The topological polar surface area (TPSA) is 50.8 Å². The molecule has 1 fully saturated rings. The fourth-order valence-corrected chi connectivity index (χ4v) is 3.41. The molecule has 1 saturated heterocycles. The fraction of sp³-hybridized carbons (Fsp3) is 0.409. The van der Waals surface area contributed by atoms with Crippen LogP contribution in [0.2, 0.25) is 0 Å². The highest BCUT2D eigenvalue weighted by Crippen LogP contribution is 2.30. The van der Waals surface area contributed by atoms with Gasteiger partial charge in [0.05, 0.1) is 12.8 Å². The van der Waals surface area contributed by atoms with Gasteiger partial charge >= 0.3 is 0 Å². The van der Waals surface area contributed by atoms with Crippen LogP contribution in [0.5, 0.6) is 11.5 Å². The zero-order valence-corrected chi connectivity index (χ0v) is 16.6. The predicted octanol–water partition coefficient (Wildman–Crippen LogP) is 3.78. The van der Waals surface area contributed by atoms with Gasteiger partial charge in [0.2, 0.25) is 0 Å². The van der Waals surface area contributed by atoms with E-state index in [0.29, 0.717) is 12.3 Å². The Morgan fingerprint density at radius 2 is 1.89 bits per heavy atom. The number of nitrogens with zero attached hydrogens (tertiary/aromatic N) is 1. The third kappa shape index (κ3) is 4.74. The van der Waals surface area contributed by atoms with E-state index in [1.165, 1.54) is 24.3 Å². The summed E-state index contributed by atoms with van der Waals surface area (Å²) in [6.07, 6.45) is 1.88. The van der Waals surface area contributed by atoms with Crippen LogP contribution in [-0.4, -0.2) is 37.7 Å². The molecule has 6 heteroatoms. The highest BCUT2D eigenvalue weighted by atomic mass is 19.1. The van der Waals surface area contributed by atoms with E-state index in [2.05, 4.69) is 10.2 Å². The number of para-hydroxylation sites is 2. The second-order valence-corrected chi connectivity index (χ2v) is 7.50. The normalized spacial score (nSPS) is 17.1. The Labute approximate surface area is 165 Å². The molecule has 2 aromatic rings. The molecule has 1 aliphatic rings. The number of carbonyl (C=O) groups is 1. The molecule has 1 aliphatic heterocycles. The molecule has 1 heterocycles. The van der Waals surface area contributed by atoms with Crippen LogP contribution in [0.25, 0.3) is 0 Å². The number of rotatable bonds is 6. The van der Waals surface area contributed by atoms with E-state index in [0.717, 1.165) is 30.8 Å². The number of halogens is 1. The van der Waals surface area contributed by atoms with Crippen molar-refractivity contribution in [3.8, 4) is 11.5 Å². The minimum absolute atomic E-state index is 0.0160. The van der Waals surface area contributed by atoms with E-state index in [-0.39, 0.29) is 17.8 Å². The van der Waals surface area contributed by atoms with Gasteiger partial charge in [0.25, 0.3) is 5.91 Å². The Bertz CT molecular complexity index is 808. The molecular formula is C22H27FN2O3. The standard InChI is InChI=1S/C22H27FN2O3/c1-22(2,28-18-12-10-16(23)11-13-18)21(26)24-17-7-6-14-25(15-17)19-8-4-5-9-20(19)27-3/h4-5,8-13,17H,6-7,14-15H2,1-3H3,(H,24,26). The van der Waals surface area contributed by atoms with Gasteiger partial charge in [0.1, 0.15) is 17.3 Å². The first-order valence-electron chi connectivity index (χ1n) is 9.52. The van der Waals surface area contributed by atoms with Crippen molar-refractivity contribution in [1.82, 2.24) is 5.32 Å². The van der Waals surface area contributed by atoms with E-state index in [4.69, 9.17) is 9.47 Å². The summed E-state index contributed by atoms with van der Waals surface area (Å²) in [6.45, 7) is 5.06. The Morgan fingerprint density at radius 1 is 1.18 bits per heavy atom. The van der Waals surface area contributed by atoms with Crippen molar-refractivity contribution < 1.29 is 18.7 Å². The number of anilines is 1. The van der Waals surface area contributed by atoms with Crippen molar-refractivity contribution in [1.29, 1.82) is 0 Å². The maximum absolute atomic E-state index is 13.1. The van der Waals surface area contributed by atoms with Crippen molar-refractivity contribution in [2.75, 3.05) is 25.1 Å². The van der Waals surface area contributed by atoms with Gasteiger partial charge < -0.3 is 19.7 Å². The first-order chi connectivity index (χ1) is 13.4. The first kappa shape index (κ1) is 20.0. The zero-order chi connectivity index (χ0) is 20.1. The van der Waals surface area contributed by atoms with Crippen molar-refractivity contribution in [2.24, 2.45) is 0 Å². The van der Waals surface area contributed by atoms with Gasteiger partial charge in [0, 0.05) is 19.1 Å². The minimum atomic E-state index is -1.06. The van der Waals surface area contributed by atoms with Gasteiger partial charge in [-0.1, -0.05) is 12.1 Å². The number of nitrogens with one attached hydrogen (secondary N) is 1. The third-order valence-electron chi connectivity index (χ3n) is 4.92. The van der Waals surface area contributed by atoms with Crippen molar-refractivity contribution >= 4 is 11.6 Å². The van der Waals surface area contributed by atoms with Crippen LogP contribution in [0, 0.1) is 5.82 Å². The summed E-state index contributed by atoms with van der Waals surface area (Å²) < 4.78 is 24.3. The van der Waals surface area contributed by atoms with E-state index in [1.54, 1.807) is 21.0 Å². The van der Waals surface area contributed by atoms with Gasteiger partial charge in [-0.3, -0.25) is 4.79 Å². The predicted molar refractivity (Wildman–Crippen MR) is 107 cm³/mol. The Kier molecular flexibility index (Phi) is 6.07. The molecule has 0 aromatic heterocycles. The zero-order valence-electron chi connectivity index (χ0n) is 16.6.